The Kier molecular flexibility index (Phi) is 7.34. The molecule has 0 fully saturated rings. The topological polar surface area (TPSA) is 12.5 Å². The van der Waals surface area contributed by atoms with Crippen LogP contribution in [0.2, 0.25) is 0 Å². The van der Waals surface area contributed by atoms with E-state index < -0.39 is 18.3 Å². The summed E-state index contributed by atoms with van der Waals surface area (Å²) in [7, 11) is 0. The molecule has 248 valence electrons. The first-order chi connectivity index (χ1) is 23.8. The first kappa shape index (κ1) is 32.1. The summed E-state index contributed by atoms with van der Waals surface area (Å²) >= 11 is 0. The Morgan fingerprint density at radius 3 is 1.68 bits per heavy atom. The van der Waals surface area contributed by atoms with E-state index in [0.717, 1.165) is 55.7 Å². The molecule has 6 aromatic rings. The van der Waals surface area contributed by atoms with Crippen LogP contribution in [0.1, 0.15) is 58.2 Å². The van der Waals surface area contributed by atoms with E-state index in [2.05, 4.69) is 108 Å². The van der Waals surface area contributed by atoms with Gasteiger partial charge in [0.2, 0.25) is 0 Å². The molecule has 0 atom stereocenters. The molecule has 0 radical (unpaired) electrons. The lowest BCUT2D eigenvalue weighted by molar-refractivity contribution is 0.439. The average molecular weight is 660 g/mol. The van der Waals surface area contributed by atoms with Crippen molar-refractivity contribution in [2.45, 2.75) is 59.3 Å². The number of fused-ring (bicyclic) bond motifs is 4. The van der Waals surface area contributed by atoms with Crippen molar-refractivity contribution in [1.29, 1.82) is 0 Å². The summed E-state index contributed by atoms with van der Waals surface area (Å²) in [5, 5.41) is 0. The van der Waals surface area contributed by atoms with Crippen LogP contribution in [-0.4, -0.2) is 6.71 Å². The van der Waals surface area contributed by atoms with Gasteiger partial charge in [0.25, 0.3) is 6.71 Å². The van der Waals surface area contributed by atoms with Crippen molar-refractivity contribution in [3.63, 3.8) is 0 Å². The van der Waals surface area contributed by atoms with Crippen molar-refractivity contribution < 1.29 is 13.5 Å². The van der Waals surface area contributed by atoms with Gasteiger partial charge in [-0.05, 0) is 86.3 Å². The number of nitrogens with zero attached hydrogens (tertiary/aromatic N) is 1. The molecule has 2 heterocycles. The Morgan fingerprint density at radius 2 is 1.12 bits per heavy atom. The van der Waals surface area contributed by atoms with Gasteiger partial charge < -0.3 is 9.64 Å². The van der Waals surface area contributed by atoms with Gasteiger partial charge in [-0.25, -0.2) is 8.78 Å². The third kappa shape index (κ3) is 4.97. The Morgan fingerprint density at radius 1 is 0.580 bits per heavy atom. The van der Waals surface area contributed by atoms with E-state index >= 15 is 8.78 Å². The second-order valence-electron chi connectivity index (χ2n) is 15.7. The molecule has 0 spiro atoms. The molecule has 0 bridgehead atoms. The number of ether oxygens (including phenoxy) is 1. The smallest absolute Gasteiger partial charge is 0.258 e. The fourth-order valence-corrected chi connectivity index (χ4v) is 7.63. The van der Waals surface area contributed by atoms with E-state index in [1.54, 1.807) is 0 Å². The highest BCUT2D eigenvalue weighted by molar-refractivity contribution is 7.00. The molecule has 6 aromatic carbocycles. The monoisotopic (exact) mass is 659 g/mol. The van der Waals surface area contributed by atoms with Crippen molar-refractivity contribution in [1.82, 2.24) is 0 Å². The van der Waals surface area contributed by atoms with Crippen LogP contribution < -0.4 is 26.0 Å². The zero-order chi connectivity index (χ0) is 35.1. The Hall–Kier alpha value is -5.16. The fraction of sp³-hybridized carbons (Fsp3) is 0.200. The maximum absolute atomic E-state index is 17.2. The molecule has 2 aliphatic heterocycles. The first-order valence-corrected chi connectivity index (χ1v) is 17.4. The van der Waals surface area contributed by atoms with E-state index in [1.807, 2.05) is 53.4 Å². The van der Waals surface area contributed by atoms with Crippen molar-refractivity contribution in [2.75, 3.05) is 4.90 Å². The third-order valence-electron chi connectivity index (χ3n) is 10.3. The molecule has 2 aliphatic rings. The number of rotatable bonds is 3. The second kappa shape index (κ2) is 11.4. The predicted molar refractivity (Wildman–Crippen MR) is 205 cm³/mol. The minimum atomic E-state index is -0.665. The third-order valence-corrected chi connectivity index (χ3v) is 10.3. The number of hydrogen-bond acceptors (Lipinski definition) is 2. The van der Waals surface area contributed by atoms with Crippen molar-refractivity contribution in [3.05, 3.63) is 144 Å². The summed E-state index contributed by atoms with van der Waals surface area (Å²) in [6.07, 6.45) is 0. The molecule has 0 saturated heterocycles. The van der Waals surface area contributed by atoms with Gasteiger partial charge in [0.15, 0.2) is 17.4 Å². The summed E-state index contributed by atoms with van der Waals surface area (Å²) in [5.74, 6) is -0.582. The maximum Gasteiger partial charge on any atom is 0.258 e. The van der Waals surface area contributed by atoms with E-state index in [0.29, 0.717) is 16.9 Å². The average Bonchev–Trinajstić information content (AvgIpc) is 3.11. The number of halogens is 2. The molecular formula is C45H40BF2NO. The standard InChI is InChI=1S/C45H40BF2NO/c1-27-40(47)42-39-43(41(27)48)50-36-23-15-21-34(29-18-12-9-13-19-29)38(36)46(39)37-33(28-16-10-8-11-17-28)20-14-22-35(37)49(42)32-25-30(44(2,3)4)24-31(26-32)45(5,6)7/h8-26H,1-7H3. The lowest BCUT2D eigenvalue weighted by Crippen LogP contribution is -2.61. The number of hydrogen-bond donors (Lipinski definition) is 0. The molecule has 0 amide bonds. The molecule has 5 heteroatoms. The van der Waals surface area contributed by atoms with Gasteiger partial charge in [-0.15, -0.1) is 0 Å². The molecule has 8 rings (SSSR count). The summed E-state index contributed by atoms with van der Waals surface area (Å²) in [4.78, 5) is 2.03. The van der Waals surface area contributed by atoms with Crippen molar-refractivity contribution >= 4 is 40.2 Å². The van der Waals surface area contributed by atoms with E-state index in [1.165, 1.54) is 6.92 Å². The molecule has 0 saturated carbocycles. The van der Waals surface area contributed by atoms with Gasteiger partial charge in [0.1, 0.15) is 5.75 Å². The van der Waals surface area contributed by atoms with Gasteiger partial charge >= 0.3 is 0 Å². The lowest BCUT2D eigenvalue weighted by atomic mass is 9.32. The maximum atomic E-state index is 17.2. The van der Waals surface area contributed by atoms with Crippen LogP contribution in [-0.2, 0) is 10.8 Å². The molecule has 2 nitrogen and oxygen atoms in total. The normalized spacial score (nSPS) is 13.4. The van der Waals surface area contributed by atoms with Crippen LogP contribution in [0.25, 0.3) is 22.3 Å². The van der Waals surface area contributed by atoms with Crippen LogP contribution in [0.4, 0.5) is 25.8 Å². The first-order valence-electron chi connectivity index (χ1n) is 17.4. The lowest BCUT2D eigenvalue weighted by Gasteiger charge is -2.42. The molecule has 0 N–H and O–H groups in total. The minimum absolute atomic E-state index is 0.0594. The van der Waals surface area contributed by atoms with E-state index in [4.69, 9.17) is 4.74 Å². The van der Waals surface area contributed by atoms with Gasteiger partial charge in [0.05, 0.1) is 5.69 Å². The highest BCUT2D eigenvalue weighted by atomic mass is 19.1. The quantitative estimate of drug-likeness (QED) is 0.175. The highest BCUT2D eigenvalue weighted by Crippen LogP contribution is 2.47. The van der Waals surface area contributed by atoms with Crippen LogP contribution in [0, 0.1) is 18.6 Å². The number of benzene rings is 6. The second-order valence-corrected chi connectivity index (χ2v) is 15.7. The van der Waals surface area contributed by atoms with Crippen molar-refractivity contribution in [2.24, 2.45) is 0 Å². The molecule has 0 aromatic heterocycles. The Labute approximate surface area is 294 Å². The largest absolute Gasteiger partial charge is 0.455 e. The summed E-state index contributed by atoms with van der Waals surface area (Å²) in [6.45, 7) is 14.2. The zero-order valence-corrected chi connectivity index (χ0v) is 29.7. The van der Waals surface area contributed by atoms with Crippen LogP contribution in [0.15, 0.2) is 115 Å². The van der Waals surface area contributed by atoms with Gasteiger partial charge in [-0.1, -0.05) is 133 Å². The van der Waals surface area contributed by atoms with E-state index in [9.17, 15) is 0 Å². The van der Waals surface area contributed by atoms with Crippen LogP contribution in [0.5, 0.6) is 11.5 Å². The predicted octanol–water partition coefficient (Wildman–Crippen LogP) is 10.6. The van der Waals surface area contributed by atoms with Crippen molar-refractivity contribution in [3.8, 4) is 33.8 Å². The summed E-state index contributed by atoms with van der Waals surface area (Å²) < 4.78 is 40.4. The fourth-order valence-electron chi connectivity index (χ4n) is 7.63. The SMILES string of the molecule is Cc1c(F)c2c3c(c1F)N(c1cc(C(C)(C)C)cc(C(C)(C)C)c1)c1cccc(-c4ccccc4)c1B3c1c(cccc1-c1ccccc1)O2. The summed E-state index contributed by atoms with van der Waals surface area (Å²) in [5.41, 5.74) is 10.3. The molecule has 0 unspecified atom stereocenters. The highest BCUT2D eigenvalue weighted by Gasteiger charge is 2.47. The molecule has 0 aliphatic carbocycles. The van der Waals surface area contributed by atoms with Gasteiger partial charge in [-0.2, -0.15) is 0 Å². The van der Waals surface area contributed by atoms with Crippen LogP contribution in [0.3, 0.4) is 0 Å². The molecule has 50 heavy (non-hydrogen) atoms. The summed E-state index contributed by atoms with van der Waals surface area (Å²) in [6, 6.07) is 39.3. The Bertz CT molecular complexity index is 2270. The van der Waals surface area contributed by atoms with Gasteiger partial charge in [-0.3, -0.25) is 0 Å². The minimum Gasteiger partial charge on any atom is -0.455 e. The number of anilines is 3. The zero-order valence-electron chi connectivity index (χ0n) is 29.7. The van der Waals surface area contributed by atoms with Crippen LogP contribution >= 0.6 is 0 Å². The van der Waals surface area contributed by atoms with Gasteiger partial charge in [0, 0.05) is 22.4 Å². The van der Waals surface area contributed by atoms with E-state index in [-0.39, 0.29) is 22.1 Å². The Balaban J connectivity index is 1.55. The molecular weight excluding hydrogens is 619 g/mol.